The molecule has 134 valence electrons. The first-order chi connectivity index (χ1) is 12.5. The minimum Gasteiger partial charge on any atom is -0.365 e. The number of hydrogen-bond acceptors (Lipinski definition) is 5. The fourth-order valence-corrected chi connectivity index (χ4v) is 4.80. The maximum atomic E-state index is 12.1. The lowest BCUT2D eigenvalue weighted by molar-refractivity contribution is 0.599. The highest BCUT2D eigenvalue weighted by Crippen LogP contribution is 2.26. The van der Waals surface area contributed by atoms with E-state index in [0.717, 1.165) is 33.5 Å². The molecule has 0 radical (unpaired) electrons. The van der Waals surface area contributed by atoms with Crippen molar-refractivity contribution in [1.29, 1.82) is 0 Å². The molecule has 2 heterocycles. The summed E-state index contributed by atoms with van der Waals surface area (Å²) in [5, 5.41) is 4.33. The van der Waals surface area contributed by atoms with Gasteiger partial charge in [0, 0.05) is 18.5 Å². The molecule has 3 aromatic rings. The third-order valence-electron chi connectivity index (χ3n) is 4.55. The molecule has 1 N–H and O–H groups in total. The van der Waals surface area contributed by atoms with Gasteiger partial charge in [-0.25, -0.2) is 18.4 Å². The molecule has 1 aromatic heterocycles. The molecule has 2 aromatic carbocycles. The molecule has 0 bridgehead atoms. The summed E-state index contributed by atoms with van der Waals surface area (Å²) < 4.78 is 25.7. The van der Waals surface area contributed by atoms with E-state index in [-0.39, 0.29) is 5.75 Å². The van der Waals surface area contributed by atoms with Crippen LogP contribution in [0, 0.1) is 6.92 Å². The van der Waals surface area contributed by atoms with Gasteiger partial charge in [-0.15, -0.1) is 0 Å². The van der Waals surface area contributed by atoms with Crippen molar-refractivity contribution in [3.8, 4) is 0 Å². The van der Waals surface area contributed by atoms with Crippen LogP contribution < -0.4 is 9.62 Å². The number of nitrogens with zero attached hydrogens (tertiary/aromatic N) is 3. The predicted molar refractivity (Wildman–Crippen MR) is 104 cm³/mol. The van der Waals surface area contributed by atoms with Crippen molar-refractivity contribution in [1.82, 2.24) is 9.97 Å². The van der Waals surface area contributed by atoms with E-state index in [0.29, 0.717) is 19.5 Å². The number of sulfonamides is 1. The van der Waals surface area contributed by atoms with Gasteiger partial charge in [-0.05, 0) is 43.2 Å². The molecule has 4 rings (SSSR count). The van der Waals surface area contributed by atoms with E-state index >= 15 is 0 Å². The minimum atomic E-state index is -3.17. The summed E-state index contributed by atoms with van der Waals surface area (Å²) in [6.45, 7) is 3.15. The fourth-order valence-electron chi connectivity index (χ4n) is 3.25. The fraction of sp³-hybridized carbons (Fsp3) is 0.263. The molecular formula is C19H20N4O2S. The summed E-state index contributed by atoms with van der Waals surface area (Å²) >= 11 is 0. The highest BCUT2D eigenvalue weighted by molar-refractivity contribution is 7.93. The lowest BCUT2D eigenvalue weighted by atomic mass is 10.1. The molecular weight excluding hydrogens is 348 g/mol. The number of fused-ring (bicyclic) bond motifs is 1. The number of anilines is 2. The zero-order valence-electron chi connectivity index (χ0n) is 14.5. The first-order valence-electron chi connectivity index (χ1n) is 8.57. The van der Waals surface area contributed by atoms with Gasteiger partial charge in [0.05, 0.1) is 17.0 Å². The van der Waals surface area contributed by atoms with Gasteiger partial charge in [-0.2, -0.15) is 0 Å². The molecule has 6 nitrogen and oxygen atoms in total. The standard InChI is InChI=1S/C19H20N4O2S/c1-14-6-7-18-17(10-14)19(22-13-21-18)20-12-15-4-2-5-16(11-15)23-8-3-9-26(23,24)25/h2,4-7,10-11,13H,3,8-9,12H2,1H3,(H,20,21,22). The maximum absolute atomic E-state index is 12.1. The third-order valence-corrected chi connectivity index (χ3v) is 6.42. The highest BCUT2D eigenvalue weighted by Gasteiger charge is 2.28. The molecule has 1 aliphatic heterocycles. The topological polar surface area (TPSA) is 75.2 Å². The first kappa shape index (κ1) is 16.8. The Morgan fingerprint density at radius 2 is 2.04 bits per heavy atom. The Bertz CT molecular complexity index is 1070. The molecule has 26 heavy (non-hydrogen) atoms. The molecule has 0 amide bonds. The lowest BCUT2D eigenvalue weighted by Crippen LogP contribution is -2.25. The van der Waals surface area contributed by atoms with Crippen LogP contribution in [0.4, 0.5) is 11.5 Å². The van der Waals surface area contributed by atoms with Crippen LogP contribution >= 0.6 is 0 Å². The third kappa shape index (κ3) is 3.22. The van der Waals surface area contributed by atoms with E-state index in [1.54, 1.807) is 6.33 Å². The Morgan fingerprint density at radius 1 is 1.15 bits per heavy atom. The Hall–Kier alpha value is -2.67. The average molecular weight is 368 g/mol. The second kappa shape index (κ2) is 6.57. The van der Waals surface area contributed by atoms with E-state index in [4.69, 9.17) is 0 Å². The number of benzene rings is 2. The smallest absolute Gasteiger partial charge is 0.235 e. The normalized spacial score (nSPS) is 16.1. The molecule has 7 heteroatoms. The Kier molecular flexibility index (Phi) is 4.24. The van der Waals surface area contributed by atoms with Gasteiger partial charge in [-0.1, -0.05) is 23.8 Å². The molecule has 0 atom stereocenters. The Balaban J connectivity index is 1.58. The van der Waals surface area contributed by atoms with Gasteiger partial charge < -0.3 is 5.32 Å². The summed E-state index contributed by atoms with van der Waals surface area (Å²) in [7, 11) is -3.17. The first-order valence-corrected chi connectivity index (χ1v) is 10.2. The van der Waals surface area contributed by atoms with Crippen LogP contribution in [0.1, 0.15) is 17.5 Å². The minimum absolute atomic E-state index is 0.224. The summed E-state index contributed by atoms with van der Waals surface area (Å²) in [6, 6.07) is 13.7. The van der Waals surface area contributed by atoms with E-state index in [9.17, 15) is 8.42 Å². The van der Waals surface area contributed by atoms with Crippen LogP contribution in [-0.4, -0.2) is 30.7 Å². The second-order valence-electron chi connectivity index (χ2n) is 6.51. The summed E-state index contributed by atoms with van der Waals surface area (Å²) in [6.07, 6.45) is 2.23. The predicted octanol–water partition coefficient (Wildman–Crippen LogP) is 3.09. The Morgan fingerprint density at radius 3 is 2.85 bits per heavy atom. The average Bonchev–Trinajstić information content (AvgIpc) is 2.99. The van der Waals surface area contributed by atoms with Crippen molar-refractivity contribution in [3.63, 3.8) is 0 Å². The van der Waals surface area contributed by atoms with Gasteiger partial charge in [0.1, 0.15) is 12.1 Å². The second-order valence-corrected chi connectivity index (χ2v) is 8.52. The number of aromatic nitrogens is 2. The number of aryl methyl sites for hydroxylation is 1. The molecule has 1 aliphatic rings. The van der Waals surface area contributed by atoms with Gasteiger partial charge in [0.15, 0.2) is 0 Å². The van der Waals surface area contributed by atoms with Crippen molar-refractivity contribution >= 4 is 32.4 Å². The molecule has 1 saturated heterocycles. The largest absolute Gasteiger partial charge is 0.365 e. The van der Waals surface area contributed by atoms with E-state index in [2.05, 4.69) is 21.4 Å². The lowest BCUT2D eigenvalue weighted by Gasteiger charge is -2.18. The molecule has 0 unspecified atom stereocenters. The zero-order valence-corrected chi connectivity index (χ0v) is 15.3. The van der Waals surface area contributed by atoms with Crippen molar-refractivity contribution in [2.24, 2.45) is 0 Å². The van der Waals surface area contributed by atoms with Crippen molar-refractivity contribution < 1.29 is 8.42 Å². The van der Waals surface area contributed by atoms with E-state index < -0.39 is 10.0 Å². The van der Waals surface area contributed by atoms with Crippen molar-refractivity contribution in [3.05, 3.63) is 59.9 Å². The maximum Gasteiger partial charge on any atom is 0.235 e. The van der Waals surface area contributed by atoms with Crippen LogP contribution in [0.2, 0.25) is 0 Å². The molecule has 1 fully saturated rings. The summed E-state index contributed by atoms with van der Waals surface area (Å²) in [5.41, 5.74) is 3.77. The SMILES string of the molecule is Cc1ccc2ncnc(NCc3cccc(N4CCCS4(=O)=O)c3)c2c1. The van der Waals surface area contributed by atoms with Crippen molar-refractivity contribution in [2.75, 3.05) is 21.9 Å². The van der Waals surface area contributed by atoms with Crippen LogP contribution in [-0.2, 0) is 16.6 Å². The van der Waals surface area contributed by atoms with Crippen LogP contribution in [0.25, 0.3) is 10.9 Å². The van der Waals surface area contributed by atoms with Crippen LogP contribution in [0.15, 0.2) is 48.8 Å². The summed E-state index contributed by atoms with van der Waals surface area (Å²) in [5.74, 6) is 1.000. The van der Waals surface area contributed by atoms with Crippen molar-refractivity contribution in [2.45, 2.75) is 19.9 Å². The molecule has 0 saturated carbocycles. The monoisotopic (exact) mass is 368 g/mol. The van der Waals surface area contributed by atoms with Crippen LogP contribution in [0.5, 0.6) is 0 Å². The van der Waals surface area contributed by atoms with Gasteiger partial charge in [0.2, 0.25) is 10.0 Å². The zero-order chi connectivity index (χ0) is 18.1. The number of hydrogen-bond donors (Lipinski definition) is 1. The molecule has 0 aliphatic carbocycles. The van der Waals surface area contributed by atoms with Crippen LogP contribution in [0.3, 0.4) is 0 Å². The highest BCUT2D eigenvalue weighted by atomic mass is 32.2. The number of rotatable bonds is 4. The quantitative estimate of drug-likeness (QED) is 0.766. The number of nitrogens with one attached hydrogen (secondary N) is 1. The summed E-state index contributed by atoms with van der Waals surface area (Å²) in [4.78, 5) is 8.65. The van der Waals surface area contributed by atoms with Gasteiger partial charge in [0.25, 0.3) is 0 Å². The van der Waals surface area contributed by atoms with E-state index in [1.165, 1.54) is 4.31 Å². The molecule has 0 spiro atoms. The Labute approximate surface area is 152 Å². The van der Waals surface area contributed by atoms with Gasteiger partial charge in [-0.3, -0.25) is 4.31 Å². The van der Waals surface area contributed by atoms with E-state index in [1.807, 2.05) is 43.3 Å². The van der Waals surface area contributed by atoms with Gasteiger partial charge >= 0.3 is 0 Å².